The Kier molecular flexibility index (Phi) is 4.04. The molecule has 0 bridgehead atoms. The highest BCUT2D eigenvalue weighted by Crippen LogP contribution is 2.42. The molecule has 1 amide bonds. The molecule has 0 spiro atoms. The van der Waals surface area contributed by atoms with Crippen molar-refractivity contribution in [2.75, 3.05) is 26.2 Å². The lowest BCUT2D eigenvalue weighted by atomic mass is 9.67. The Hall–Kier alpha value is -0.610. The van der Waals surface area contributed by atoms with Gasteiger partial charge in [0.05, 0.1) is 6.10 Å². The lowest BCUT2D eigenvalue weighted by Crippen LogP contribution is -2.54. The Morgan fingerprint density at radius 2 is 1.90 bits per heavy atom. The van der Waals surface area contributed by atoms with Gasteiger partial charge in [-0.25, -0.2) is 0 Å². The van der Waals surface area contributed by atoms with E-state index in [4.69, 9.17) is 0 Å². The van der Waals surface area contributed by atoms with Crippen LogP contribution in [0.3, 0.4) is 0 Å². The smallest absolute Gasteiger partial charge is 0.225 e. The number of amides is 1. The van der Waals surface area contributed by atoms with Crippen LogP contribution in [0, 0.1) is 17.3 Å². The summed E-state index contributed by atoms with van der Waals surface area (Å²) in [5, 5.41) is 9.79. The van der Waals surface area contributed by atoms with Gasteiger partial charge in [0.2, 0.25) is 5.91 Å². The number of hydrogen-bond donors (Lipinski definition) is 1. The van der Waals surface area contributed by atoms with Crippen molar-refractivity contribution in [2.45, 2.75) is 58.6 Å². The minimum absolute atomic E-state index is 0.196. The summed E-state index contributed by atoms with van der Waals surface area (Å²) in [5.41, 5.74) is 0.295. The van der Waals surface area contributed by atoms with Gasteiger partial charge < -0.3 is 10.0 Å². The standard InChI is InChI=1S/C17H30N2O2/c1-12-6-13(9-17(2,3)8-12)16(21)19-5-4-18-11-15(20)7-14(18)10-19/h12-15,20H,4-11H2,1-3H3/t12?,13?,14-,15+/m0/s1. The zero-order chi connectivity index (χ0) is 15.2. The Balaban J connectivity index is 1.63. The first-order valence-corrected chi connectivity index (χ1v) is 8.55. The van der Waals surface area contributed by atoms with Crippen LogP contribution in [0.2, 0.25) is 0 Å². The van der Waals surface area contributed by atoms with Crippen LogP contribution in [0.5, 0.6) is 0 Å². The zero-order valence-corrected chi connectivity index (χ0v) is 13.7. The molecule has 3 fully saturated rings. The van der Waals surface area contributed by atoms with E-state index in [1.807, 2.05) is 0 Å². The topological polar surface area (TPSA) is 43.8 Å². The van der Waals surface area contributed by atoms with Gasteiger partial charge in [0.25, 0.3) is 0 Å². The van der Waals surface area contributed by atoms with Crippen LogP contribution in [0.4, 0.5) is 0 Å². The molecule has 2 saturated heterocycles. The second kappa shape index (κ2) is 5.54. The molecule has 0 aromatic carbocycles. The molecular weight excluding hydrogens is 264 g/mol. The van der Waals surface area contributed by atoms with Crippen LogP contribution in [-0.2, 0) is 4.79 Å². The SMILES string of the molecule is CC1CC(C(=O)N2CCN3C[C@H](O)C[C@H]3C2)CC(C)(C)C1. The van der Waals surface area contributed by atoms with Gasteiger partial charge in [-0.15, -0.1) is 0 Å². The van der Waals surface area contributed by atoms with Crippen molar-refractivity contribution in [3.8, 4) is 0 Å². The van der Waals surface area contributed by atoms with Crippen molar-refractivity contribution in [1.29, 1.82) is 0 Å². The van der Waals surface area contributed by atoms with Gasteiger partial charge in [0.1, 0.15) is 0 Å². The third-order valence-corrected chi connectivity index (χ3v) is 5.64. The number of carbonyl (C=O) groups excluding carboxylic acids is 1. The van der Waals surface area contributed by atoms with Crippen LogP contribution in [0.1, 0.15) is 46.5 Å². The second-order valence-corrected chi connectivity index (χ2v) is 8.43. The lowest BCUT2D eigenvalue weighted by Gasteiger charge is -2.43. The van der Waals surface area contributed by atoms with Crippen molar-refractivity contribution in [1.82, 2.24) is 9.80 Å². The summed E-state index contributed by atoms with van der Waals surface area (Å²) in [4.78, 5) is 17.3. The van der Waals surface area contributed by atoms with Crippen molar-refractivity contribution >= 4 is 5.91 Å². The predicted octanol–water partition coefficient (Wildman–Crippen LogP) is 1.73. The van der Waals surface area contributed by atoms with Crippen LogP contribution >= 0.6 is 0 Å². The molecule has 1 N–H and O–H groups in total. The van der Waals surface area contributed by atoms with E-state index >= 15 is 0 Å². The molecule has 0 aromatic rings. The van der Waals surface area contributed by atoms with E-state index in [0.717, 1.165) is 45.4 Å². The quantitative estimate of drug-likeness (QED) is 0.801. The van der Waals surface area contributed by atoms with Crippen LogP contribution < -0.4 is 0 Å². The van der Waals surface area contributed by atoms with Crippen molar-refractivity contribution in [3.63, 3.8) is 0 Å². The van der Waals surface area contributed by atoms with E-state index in [1.165, 1.54) is 6.42 Å². The third-order valence-electron chi connectivity index (χ3n) is 5.64. The van der Waals surface area contributed by atoms with E-state index < -0.39 is 0 Å². The first-order chi connectivity index (χ1) is 9.84. The Morgan fingerprint density at radius 3 is 2.62 bits per heavy atom. The fraction of sp³-hybridized carbons (Fsp3) is 0.941. The van der Waals surface area contributed by atoms with Gasteiger partial charge in [0, 0.05) is 38.1 Å². The average Bonchev–Trinajstić information content (AvgIpc) is 2.74. The maximum absolute atomic E-state index is 12.9. The zero-order valence-electron chi connectivity index (χ0n) is 13.7. The minimum atomic E-state index is -0.196. The summed E-state index contributed by atoms with van der Waals surface area (Å²) in [6.45, 7) is 10.3. The number of piperazine rings is 1. The van der Waals surface area contributed by atoms with Crippen molar-refractivity contribution in [3.05, 3.63) is 0 Å². The maximum atomic E-state index is 12.9. The Morgan fingerprint density at radius 1 is 1.14 bits per heavy atom. The van der Waals surface area contributed by atoms with E-state index in [2.05, 4.69) is 30.6 Å². The van der Waals surface area contributed by atoms with Crippen molar-refractivity contribution in [2.24, 2.45) is 17.3 Å². The largest absolute Gasteiger partial charge is 0.392 e. The first kappa shape index (κ1) is 15.3. The Labute approximate surface area is 128 Å². The van der Waals surface area contributed by atoms with Gasteiger partial charge in [-0.05, 0) is 37.0 Å². The number of fused-ring (bicyclic) bond motifs is 1. The molecule has 1 saturated carbocycles. The van der Waals surface area contributed by atoms with Gasteiger partial charge in [-0.1, -0.05) is 20.8 Å². The number of carbonyl (C=O) groups is 1. The average molecular weight is 294 g/mol. The summed E-state index contributed by atoms with van der Waals surface area (Å²) in [5.74, 6) is 1.23. The van der Waals surface area contributed by atoms with E-state index in [9.17, 15) is 9.90 Å². The van der Waals surface area contributed by atoms with E-state index in [-0.39, 0.29) is 12.0 Å². The van der Waals surface area contributed by atoms with Crippen molar-refractivity contribution < 1.29 is 9.90 Å². The number of nitrogens with zero attached hydrogens (tertiary/aromatic N) is 2. The summed E-state index contributed by atoms with van der Waals surface area (Å²) >= 11 is 0. The minimum Gasteiger partial charge on any atom is -0.392 e. The molecule has 2 unspecified atom stereocenters. The highest BCUT2D eigenvalue weighted by Gasteiger charge is 2.41. The van der Waals surface area contributed by atoms with Gasteiger partial charge >= 0.3 is 0 Å². The van der Waals surface area contributed by atoms with Crippen LogP contribution in [0.15, 0.2) is 0 Å². The van der Waals surface area contributed by atoms with E-state index in [1.54, 1.807) is 0 Å². The lowest BCUT2D eigenvalue weighted by molar-refractivity contribution is -0.141. The van der Waals surface area contributed by atoms with Crippen LogP contribution in [0.25, 0.3) is 0 Å². The molecule has 3 aliphatic rings. The van der Waals surface area contributed by atoms with E-state index in [0.29, 0.717) is 23.3 Å². The first-order valence-electron chi connectivity index (χ1n) is 8.55. The number of aliphatic hydroxyl groups excluding tert-OH is 1. The number of hydrogen-bond acceptors (Lipinski definition) is 3. The molecule has 0 radical (unpaired) electrons. The number of aliphatic hydroxyl groups is 1. The monoisotopic (exact) mass is 294 g/mol. The van der Waals surface area contributed by atoms with Gasteiger partial charge in [-0.2, -0.15) is 0 Å². The summed E-state index contributed by atoms with van der Waals surface area (Å²) in [6, 6.07) is 0.381. The predicted molar refractivity (Wildman–Crippen MR) is 82.9 cm³/mol. The molecule has 120 valence electrons. The molecule has 0 aromatic heterocycles. The molecule has 2 heterocycles. The van der Waals surface area contributed by atoms with Gasteiger partial charge in [0.15, 0.2) is 0 Å². The highest BCUT2D eigenvalue weighted by atomic mass is 16.3. The Bertz CT molecular complexity index is 410. The molecule has 4 heteroatoms. The second-order valence-electron chi connectivity index (χ2n) is 8.43. The molecule has 4 nitrogen and oxygen atoms in total. The summed E-state index contributed by atoms with van der Waals surface area (Å²) < 4.78 is 0. The molecular formula is C17H30N2O2. The molecule has 1 aliphatic carbocycles. The fourth-order valence-electron chi connectivity index (χ4n) is 5.01. The normalized spacial score (nSPS) is 40.1. The molecule has 4 atom stereocenters. The molecule has 2 aliphatic heterocycles. The fourth-order valence-corrected chi connectivity index (χ4v) is 5.01. The summed E-state index contributed by atoms with van der Waals surface area (Å²) in [7, 11) is 0. The van der Waals surface area contributed by atoms with Gasteiger partial charge in [-0.3, -0.25) is 9.69 Å². The highest BCUT2D eigenvalue weighted by molar-refractivity contribution is 5.79. The third kappa shape index (κ3) is 3.26. The molecule has 3 rings (SSSR count). The van der Waals surface area contributed by atoms with Crippen LogP contribution in [-0.4, -0.2) is 59.1 Å². The summed E-state index contributed by atoms with van der Waals surface area (Å²) in [6.07, 6.45) is 3.95. The number of rotatable bonds is 1. The molecule has 21 heavy (non-hydrogen) atoms. The maximum Gasteiger partial charge on any atom is 0.225 e.